The third-order valence-electron chi connectivity index (χ3n) is 5.97. The number of ether oxygens (including phenoxy) is 2. The van der Waals surface area contributed by atoms with Crippen molar-refractivity contribution in [3.05, 3.63) is 34.7 Å². The van der Waals surface area contributed by atoms with Crippen molar-refractivity contribution in [2.75, 3.05) is 59.6 Å². The molecular formula is C23H31N3O4S. The van der Waals surface area contributed by atoms with E-state index in [-0.39, 0.29) is 17.9 Å². The van der Waals surface area contributed by atoms with Crippen molar-refractivity contribution in [3.63, 3.8) is 0 Å². The van der Waals surface area contributed by atoms with Crippen molar-refractivity contribution in [1.82, 2.24) is 15.1 Å². The molecule has 0 unspecified atom stereocenters. The molecule has 1 aromatic heterocycles. The minimum atomic E-state index is -0.234. The number of rotatable bonds is 7. The molecule has 2 fully saturated rings. The number of hydrogen-bond acceptors (Lipinski definition) is 6. The summed E-state index contributed by atoms with van der Waals surface area (Å²) in [5.41, 5.74) is 0.936. The Morgan fingerprint density at radius 3 is 2.81 bits per heavy atom. The smallest absolute Gasteiger partial charge is 0.261 e. The number of thiophene rings is 1. The number of hydrogen-bond donors (Lipinski definition) is 1. The second kappa shape index (κ2) is 10.5. The standard InChI is InChI=1S/C23H31N3O4S/c1-29-13-9-24-23(28)22-21(17-7-3-4-8-19(17)31-22)18-15-25(12-14-30-18)16-20(27)26-10-5-2-6-11-26/h3-4,7-8,18H,2,5-6,9-16H2,1H3,(H,24,28)/t18-/m1/s1. The van der Waals surface area contributed by atoms with Crippen molar-refractivity contribution >= 4 is 33.2 Å². The Hall–Kier alpha value is -2.00. The number of piperidine rings is 1. The van der Waals surface area contributed by atoms with Crippen LogP contribution in [0, 0.1) is 0 Å². The lowest BCUT2D eigenvalue weighted by Crippen LogP contribution is -2.47. The Balaban J connectivity index is 1.52. The molecule has 1 aromatic carbocycles. The van der Waals surface area contributed by atoms with Gasteiger partial charge in [-0.2, -0.15) is 0 Å². The molecule has 3 heterocycles. The maximum atomic E-state index is 12.9. The number of amides is 2. The molecule has 0 bridgehead atoms. The van der Waals surface area contributed by atoms with Crippen LogP contribution in [-0.2, 0) is 14.3 Å². The zero-order chi connectivity index (χ0) is 21.6. The van der Waals surface area contributed by atoms with E-state index in [0.717, 1.165) is 48.1 Å². The highest BCUT2D eigenvalue weighted by Crippen LogP contribution is 2.38. The zero-order valence-electron chi connectivity index (χ0n) is 18.1. The molecule has 2 aromatic rings. The molecule has 31 heavy (non-hydrogen) atoms. The van der Waals surface area contributed by atoms with Gasteiger partial charge in [-0.25, -0.2) is 0 Å². The van der Waals surface area contributed by atoms with Crippen LogP contribution in [0.4, 0.5) is 0 Å². The summed E-state index contributed by atoms with van der Waals surface area (Å²) < 4.78 is 12.3. The molecule has 2 amide bonds. The molecule has 0 aliphatic carbocycles. The average Bonchev–Trinajstić information content (AvgIpc) is 3.20. The molecule has 2 aliphatic heterocycles. The number of carbonyl (C=O) groups excluding carboxylic acids is 2. The summed E-state index contributed by atoms with van der Waals surface area (Å²) in [6.45, 7) is 4.97. The van der Waals surface area contributed by atoms with Gasteiger partial charge in [-0.15, -0.1) is 11.3 Å². The molecule has 2 saturated heterocycles. The lowest BCUT2D eigenvalue weighted by atomic mass is 10.0. The first-order valence-electron chi connectivity index (χ1n) is 11.1. The van der Waals surface area contributed by atoms with Crippen molar-refractivity contribution < 1.29 is 19.1 Å². The van der Waals surface area contributed by atoms with Gasteiger partial charge in [0, 0.05) is 50.1 Å². The maximum Gasteiger partial charge on any atom is 0.261 e. The van der Waals surface area contributed by atoms with Gasteiger partial charge in [-0.05, 0) is 30.7 Å². The van der Waals surface area contributed by atoms with Gasteiger partial charge in [-0.1, -0.05) is 18.2 Å². The predicted molar refractivity (Wildman–Crippen MR) is 122 cm³/mol. The highest BCUT2D eigenvalue weighted by atomic mass is 32.1. The molecule has 8 heteroatoms. The fourth-order valence-corrected chi connectivity index (χ4v) is 5.53. The summed E-state index contributed by atoms with van der Waals surface area (Å²) in [5.74, 6) is 0.103. The van der Waals surface area contributed by atoms with Gasteiger partial charge in [-0.3, -0.25) is 14.5 Å². The summed E-state index contributed by atoms with van der Waals surface area (Å²) in [6.07, 6.45) is 3.17. The lowest BCUT2D eigenvalue weighted by Gasteiger charge is -2.35. The number of nitrogens with zero attached hydrogens (tertiary/aromatic N) is 2. The van der Waals surface area contributed by atoms with Crippen molar-refractivity contribution in [1.29, 1.82) is 0 Å². The van der Waals surface area contributed by atoms with Crippen LogP contribution < -0.4 is 5.32 Å². The van der Waals surface area contributed by atoms with Gasteiger partial charge in [0.2, 0.25) is 5.91 Å². The van der Waals surface area contributed by atoms with E-state index in [2.05, 4.69) is 10.2 Å². The van der Waals surface area contributed by atoms with Gasteiger partial charge in [0.25, 0.3) is 5.91 Å². The number of nitrogens with one attached hydrogen (secondary N) is 1. The normalized spacial score (nSPS) is 20.2. The lowest BCUT2D eigenvalue weighted by molar-refractivity contribution is -0.135. The van der Waals surface area contributed by atoms with Crippen LogP contribution in [0.1, 0.15) is 40.6 Å². The van der Waals surface area contributed by atoms with Crippen LogP contribution in [0.2, 0.25) is 0 Å². The molecule has 1 N–H and O–H groups in total. The third kappa shape index (κ3) is 5.26. The van der Waals surface area contributed by atoms with Crippen molar-refractivity contribution in [3.8, 4) is 0 Å². The minimum absolute atomic E-state index is 0.0987. The molecule has 0 radical (unpaired) electrons. The fourth-order valence-electron chi connectivity index (χ4n) is 4.36. The van der Waals surface area contributed by atoms with Gasteiger partial charge in [0.15, 0.2) is 0 Å². The van der Waals surface area contributed by atoms with Crippen LogP contribution in [0.15, 0.2) is 24.3 Å². The topological polar surface area (TPSA) is 71.1 Å². The molecule has 1 atom stereocenters. The van der Waals surface area contributed by atoms with Crippen molar-refractivity contribution in [2.24, 2.45) is 0 Å². The van der Waals surface area contributed by atoms with Crippen LogP contribution >= 0.6 is 11.3 Å². The van der Waals surface area contributed by atoms with Gasteiger partial charge in [0.05, 0.1) is 30.7 Å². The average molecular weight is 446 g/mol. The quantitative estimate of drug-likeness (QED) is 0.664. The Bertz CT molecular complexity index is 909. The number of carbonyl (C=O) groups is 2. The number of likely N-dealkylation sites (tertiary alicyclic amines) is 1. The Kier molecular flexibility index (Phi) is 7.55. The molecule has 0 saturated carbocycles. The SMILES string of the molecule is COCCNC(=O)c1sc2ccccc2c1[C@H]1CN(CC(=O)N2CCCCC2)CCO1. The van der Waals surface area contributed by atoms with Gasteiger partial charge < -0.3 is 19.7 Å². The first kappa shape index (κ1) is 22.2. The van der Waals surface area contributed by atoms with Crippen LogP contribution in [0.25, 0.3) is 10.1 Å². The van der Waals surface area contributed by atoms with E-state index < -0.39 is 0 Å². The molecule has 7 nitrogen and oxygen atoms in total. The number of benzene rings is 1. The molecule has 168 valence electrons. The van der Waals surface area contributed by atoms with E-state index in [1.54, 1.807) is 7.11 Å². The summed E-state index contributed by atoms with van der Waals surface area (Å²) in [5, 5.41) is 4.00. The number of fused-ring (bicyclic) bond motifs is 1. The monoisotopic (exact) mass is 445 g/mol. The largest absolute Gasteiger partial charge is 0.383 e. The molecule has 2 aliphatic rings. The molecule has 0 spiro atoms. The van der Waals surface area contributed by atoms with E-state index in [0.29, 0.717) is 37.7 Å². The second-order valence-corrected chi connectivity index (χ2v) is 9.18. The number of morpholine rings is 1. The molecule has 4 rings (SSSR count). The maximum absolute atomic E-state index is 12.9. The second-order valence-electron chi connectivity index (χ2n) is 8.13. The highest BCUT2D eigenvalue weighted by molar-refractivity contribution is 7.21. The van der Waals surface area contributed by atoms with Crippen LogP contribution in [-0.4, -0.2) is 81.2 Å². The van der Waals surface area contributed by atoms with E-state index >= 15 is 0 Å². The zero-order valence-corrected chi connectivity index (χ0v) is 18.9. The summed E-state index contributed by atoms with van der Waals surface area (Å²) >= 11 is 1.49. The van der Waals surface area contributed by atoms with Gasteiger partial charge >= 0.3 is 0 Å². The number of methoxy groups -OCH3 is 1. The Morgan fingerprint density at radius 2 is 2.00 bits per heavy atom. The van der Waals surface area contributed by atoms with Gasteiger partial charge in [0.1, 0.15) is 0 Å². The predicted octanol–water partition coefficient (Wildman–Crippen LogP) is 2.66. The Labute approximate surface area is 187 Å². The fraction of sp³-hybridized carbons (Fsp3) is 0.565. The van der Waals surface area contributed by atoms with Crippen molar-refractivity contribution in [2.45, 2.75) is 25.4 Å². The third-order valence-corrected chi connectivity index (χ3v) is 7.16. The summed E-state index contributed by atoms with van der Waals surface area (Å²) in [6, 6.07) is 8.07. The minimum Gasteiger partial charge on any atom is -0.383 e. The van der Waals surface area contributed by atoms with Crippen LogP contribution in [0.3, 0.4) is 0 Å². The van der Waals surface area contributed by atoms with E-state index in [1.807, 2.05) is 29.2 Å². The summed E-state index contributed by atoms with van der Waals surface area (Å²) in [7, 11) is 1.62. The van der Waals surface area contributed by atoms with E-state index in [4.69, 9.17) is 9.47 Å². The van der Waals surface area contributed by atoms with E-state index in [9.17, 15) is 9.59 Å². The first-order valence-corrected chi connectivity index (χ1v) is 11.9. The molecular weight excluding hydrogens is 414 g/mol. The highest BCUT2D eigenvalue weighted by Gasteiger charge is 2.31. The van der Waals surface area contributed by atoms with E-state index in [1.165, 1.54) is 17.8 Å². The Morgan fingerprint density at radius 1 is 1.19 bits per heavy atom. The summed E-state index contributed by atoms with van der Waals surface area (Å²) in [4.78, 5) is 30.5. The van der Waals surface area contributed by atoms with Crippen LogP contribution in [0.5, 0.6) is 0 Å². The first-order chi connectivity index (χ1) is 15.2.